The molecule has 1 amide bonds. The van der Waals surface area contributed by atoms with E-state index < -0.39 is 5.41 Å². The molecule has 0 spiro atoms. The minimum Gasteiger partial charge on any atom is -0.392 e. The van der Waals surface area contributed by atoms with E-state index in [1.807, 2.05) is 4.90 Å². The molecule has 1 aliphatic carbocycles. The molecule has 3 fully saturated rings. The minimum atomic E-state index is -0.482. The third-order valence-corrected chi connectivity index (χ3v) is 5.22. The first-order valence-electron chi connectivity index (χ1n) is 6.89. The van der Waals surface area contributed by atoms with Crippen LogP contribution in [0.15, 0.2) is 0 Å². The Kier molecular flexibility index (Phi) is 2.86. The Morgan fingerprint density at radius 3 is 2.72 bits per heavy atom. The van der Waals surface area contributed by atoms with Crippen molar-refractivity contribution in [2.75, 3.05) is 19.6 Å². The molecule has 0 aromatic carbocycles. The van der Waals surface area contributed by atoms with E-state index in [0.29, 0.717) is 17.1 Å². The lowest BCUT2D eigenvalue weighted by Crippen LogP contribution is -2.59. The molecule has 4 nitrogen and oxygen atoms in total. The maximum atomic E-state index is 12.7. The van der Waals surface area contributed by atoms with Crippen molar-refractivity contribution in [1.29, 1.82) is 0 Å². The molecule has 1 saturated carbocycles. The van der Waals surface area contributed by atoms with Gasteiger partial charge in [0.15, 0.2) is 0 Å². The van der Waals surface area contributed by atoms with E-state index in [1.165, 1.54) is 19.4 Å². The molecule has 0 aromatic heterocycles. The number of carbonyl (C=O) groups is 1. The SMILES string of the molecule is CC1CN2CCCC2CN1C(=O)C1(C(N)=S)CC1. The average molecular weight is 267 g/mol. The zero-order valence-corrected chi connectivity index (χ0v) is 11.7. The lowest BCUT2D eigenvalue weighted by atomic mass is 10.0. The van der Waals surface area contributed by atoms with Crippen LogP contribution in [0.4, 0.5) is 0 Å². The maximum Gasteiger partial charge on any atom is 0.235 e. The fourth-order valence-corrected chi connectivity index (χ4v) is 3.73. The molecular weight excluding hydrogens is 246 g/mol. The van der Waals surface area contributed by atoms with Crippen LogP contribution in [-0.2, 0) is 4.79 Å². The highest BCUT2D eigenvalue weighted by atomic mass is 32.1. The van der Waals surface area contributed by atoms with Gasteiger partial charge in [-0.3, -0.25) is 9.69 Å². The van der Waals surface area contributed by atoms with E-state index in [2.05, 4.69) is 11.8 Å². The predicted molar refractivity (Wildman–Crippen MR) is 74.2 cm³/mol. The van der Waals surface area contributed by atoms with Gasteiger partial charge >= 0.3 is 0 Å². The summed E-state index contributed by atoms with van der Waals surface area (Å²) < 4.78 is 0. The lowest BCUT2D eigenvalue weighted by Gasteiger charge is -2.43. The molecule has 2 N–H and O–H groups in total. The first-order chi connectivity index (χ1) is 8.54. The van der Waals surface area contributed by atoms with Crippen LogP contribution >= 0.6 is 12.2 Å². The van der Waals surface area contributed by atoms with Crippen molar-refractivity contribution in [3.8, 4) is 0 Å². The van der Waals surface area contributed by atoms with Gasteiger partial charge in [-0.15, -0.1) is 0 Å². The van der Waals surface area contributed by atoms with Crippen LogP contribution in [-0.4, -0.2) is 52.4 Å². The monoisotopic (exact) mass is 267 g/mol. The van der Waals surface area contributed by atoms with Crippen LogP contribution < -0.4 is 5.73 Å². The molecular formula is C13H21N3OS. The van der Waals surface area contributed by atoms with Gasteiger partial charge in [0.1, 0.15) is 0 Å². The van der Waals surface area contributed by atoms with E-state index >= 15 is 0 Å². The number of carbonyl (C=O) groups excluding carboxylic acids is 1. The lowest BCUT2D eigenvalue weighted by molar-refractivity contribution is -0.140. The van der Waals surface area contributed by atoms with Crippen molar-refractivity contribution in [3.63, 3.8) is 0 Å². The summed E-state index contributed by atoms with van der Waals surface area (Å²) in [5.41, 5.74) is 5.28. The molecule has 0 aromatic rings. The summed E-state index contributed by atoms with van der Waals surface area (Å²) in [7, 11) is 0. The molecule has 18 heavy (non-hydrogen) atoms. The second-order valence-electron chi connectivity index (χ2n) is 6.04. The first-order valence-corrected chi connectivity index (χ1v) is 7.30. The number of hydrogen-bond donors (Lipinski definition) is 1. The number of nitrogens with zero attached hydrogens (tertiary/aromatic N) is 2. The van der Waals surface area contributed by atoms with E-state index in [4.69, 9.17) is 18.0 Å². The number of fused-ring (bicyclic) bond motifs is 1. The zero-order chi connectivity index (χ0) is 12.9. The molecule has 2 aliphatic heterocycles. The topological polar surface area (TPSA) is 49.6 Å². The summed E-state index contributed by atoms with van der Waals surface area (Å²) in [6.45, 7) is 5.20. The number of thiocarbonyl (C=S) groups is 1. The van der Waals surface area contributed by atoms with E-state index in [1.54, 1.807) is 0 Å². The van der Waals surface area contributed by atoms with Gasteiger partial charge in [0.25, 0.3) is 0 Å². The normalized spacial score (nSPS) is 34.2. The second-order valence-corrected chi connectivity index (χ2v) is 6.48. The first kappa shape index (κ1) is 12.4. The molecule has 2 saturated heterocycles. The Morgan fingerprint density at radius 1 is 1.39 bits per heavy atom. The van der Waals surface area contributed by atoms with Crippen molar-refractivity contribution in [1.82, 2.24) is 9.80 Å². The van der Waals surface area contributed by atoms with Crippen LogP contribution in [0, 0.1) is 5.41 Å². The standard InChI is InChI=1S/C13H21N3OS/c1-9-7-15-6-2-3-10(15)8-16(9)12(17)13(4-5-13)11(14)18/h9-10H,2-8H2,1H3,(H2,14,18). The summed E-state index contributed by atoms with van der Waals surface area (Å²) in [6, 6.07) is 0.853. The van der Waals surface area contributed by atoms with Gasteiger partial charge in [-0.1, -0.05) is 12.2 Å². The number of piperazine rings is 1. The van der Waals surface area contributed by atoms with Crippen molar-refractivity contribution < 1.29 is 4.79 Å². The summed E-state index contributed by atoms with van der Waals surface area (Å²) in [4.78, 5) is 17.6. The smallest absolute Gasteiger partial charge is 0.235 e. The van der Waals surface area contributed by atoms with Crippen molar-refractivity contribution in [3.05, 3.63) is 0 Å². The quantitative estimate of drug-likeness (QED) is 0.750. The molecule has 3 aliphatic rings. The van der Waals surface area contributed by atoms with Crippen LogP contribution in [0.3, 0.4) is 0 Å². The predicted octanol–water partition coefficient (Wildman–Crippen LogP) is 0.748. The third kappa shape index (κ3) is 1.75. The fourth-order valence-electron chi connectivity index (χ4n) is 3.44. The van der Waals surface area contributed by atoms with Crippen LogP contribution in [0.25, 0.3) is 0 Å². The Hall–Kier alpha value is -0.680. The van der Waals surface area contributed by atoms with Crippen molar-refractivity contribution >= 4 is 23.1 Å². The number of amides is 1. The molecule has 0 bridgehead atoms. The van der Waals surface area contributed by atoms with Gasteiger partial charge in [0, 0.05) is 25.2 Å². The minimum absolute atomic E-state index is 0.189. The molecule has 0 radical (unpaired) electrons. The Bertz CT molecular complexity index is 394. The van der Waals surface area contributed by atoms with Crippen LogP contribution in [0.5, 0.6) is 0 Å². The summed E-state index contributed by atoms with van der Waals surface area (Å²) in [6.07, 6.45) is 4.17. The summed E-state index contributed by atoms with van der Waals surface area (Å²) in [5.74, 6) is 0.189. The van der Waals surface area contributed by atoms with Gasteiger partial charge in [0.2, 0.25) is 5.91 Å². The van der Waals surface area contributed by atoms with Gasteiger partial charge in [-0.2, -0.15) is 0 Å². The average Bonchev–Trinajstić information content (AvgIpc) is 3.02. The third-order valence-electron chi connectivity index (χ3n) is 4.83. The molecule has 2 unspecified atom stereocenters. The number of nitrogens with two attached hydrogens (primary N) is 1. The fraction of sp³-hybridized carbons (Fsp3) is 0.846. The Labute approximate surface area is 113 Å². The van der Waals surface area contributed by atoms with Crippen molar-refractivity contribution in [2.24, 2.45) is 11.1 Å². The molecule has 3 rings (SSSR count). The van der Waals surface area contributed by atoms with Gasteiger partial charge in [-0.25, -0.2) is 0 Å². The second kappa shape index (κ2) is 4.17. The number of hydrogen-bond acceptors (Lipinski definition) is 3. The highest BCUT2D eigenvalue weighted by molar-refractivity contribution is 7.80. The summed E-state index contributed by atoms with van der Waals surface area (Å²) in [5, 5.41) is 0. The Morgan fingerprint density at radius 2 is 2.11 bits per heavy atom. The largest absolute Gasteiger partial charge is 0.392 e. The van der Waals surface area contributed by atoms with Gasteiger partial charge in [-0.05, 0) is 39.2 Å². The number of rotatable bonds is 2. The van der Waals surface area contributed by atoms with Crippen LogP contribution in [0.2, 0.25) is 0 Å². The maximum absolute atomic E-state index is 12.7. The molecule has 5 heteroatoms. The molecule has 100 valence electrons. The van der Waals surface area contributed by atoms with E-state index in [9.17, 15) is 4.79 Å². The molecule has 2 heterocycles. The van der Waals surface area contributed by atoms with E-state index in [0.717, 1.165) is 25.9 Å². The highest BCUT2D eigenvalue weighted by Gasteiger charge is 2.56. The van der Waals surface area contributed by atoms with Crippen LogP contribution in [0.1, 0.15) is 32.6 Å². The van der Waals surface area contributed by atoms with Gasteiger partial charge in [0.05, 0.1) is 10.4 Å². The van der Waals surface area contributed by atoms with Crippen molar-refractivity contribution in [2.45, 2.75) is 44.7 Å². The zero-order valence-electron chi connectivity index (χ0n) is 10.9. The highest BCUT2D eigenvalue weighted by Crippen LogP contribution is 2.48. The Balaban J connectivity index is 1.76. The van der Waals surface area contributed by atoms with E-state index in [-0.39, 0.29) is 5.91 Å². The summed E-state index contributed by atoms with van der Waals surface area (Å²) >= 11 is 5.09. The van der Waals surface area contributed by atoms with Gasteiger partial charge < -0.3 is 10.6 Å². The molecule has 2 atom stereocenters.